The van der Waals surface area contributed by atoms with E-state index in [-0.39, 0.29) is 11.4 Å². The molecule has 21 heavy (non-hydrogen) atoms. The lowest BCUT2D eigenvalue weighted by atomic mass is 10.1. The molecule has 0 aromatic heterocycles. The molecule has 0 aliphatic rings. The molecular formula is C14H11BrFNO4. The fourth-order valence-corrected chi connectivity index (χ4v) is 2.45. The standard InChI is InChI=1S/C14H11BrFNO4/c1-8(18)11-4-3-10(7-12(11)15)21-14-6-9(16)2-5-13(14)17(19)20/h2-8,18H,1H3. The van der Waals surface area contributed by atoms with Crippen LogP contribution in [0.4, 0.5) is 10.1 Å². The Labute approximate surface area is 128 Å². The Kier molecular flexibility index (Phi) is 4.54. The normalized spacial score (nSPS) is 12.0. The number of nitro benzene ring substituents is 1. The first-order valence-corrected chi connectivity index (χ1v) is 6.77. The number of benzene rings is 2. The van der Waals surface area contributed by atoms with Crippen LogP contribution in [0.15, 0.2) is 40.9 Å². The highest BCUT2D eigenvalue weighted by atomic mass is 79.9. The Balaban J connectivity index is 2.36. The maximum absolute atomic E-state index is 13.2. The number of aliphatic hydroxyl groups excluding tert-OH is 1. The smallest absolute Gasteiger partial charge is 0.311 e. The number of ether oxygens (including phenoxy) is 1. The van der Waals surface area contributed by atoms with E-state index in [0.29, 0.717) is 15.8 Å². The van der Waals surface area contributed by atoms with Crippen LogP contribution < -0.4 is 4.74 Å². The molecule has 0 aliphatic carbocycles. The van der Waals surface area contributed by atoms with Gasteiger partial charge in [-0.25, -0.2) is 4.39 Å². The lowest BCUT2D eigenvalue weighted by molar-refractivity contribution is -0.385. The van der Waals surface area contributed by atoms with Gasteiger partial charge in [0.15, 0.2) is 0 Å². The Morgan fingerprint density at radius 1 is 1.33 bits per heavy atom. The summed E-state index contributed by atoms with van der Waals surface area (Å²) >= 11 is 3.28. The summed E-state index contributed by atoms with van der Waals surface area (Å²) in [6.07, 6.45) is -0.670. The largest absolute Gasteiger partial charge is 0.450 e. The minimum absolute atomic E-state index is 0.184. The first-order valence-electron chi connectivity index (χ1n) is 5.98. The molecule has 2 aromatic rings. The van der Waals surface area contributed by atoms with Gasteiger partial charge in [0.25, 0.3) is 0 Å². The van der Waals surface area contributed by atoms with E-state index in [1.165, 1.54) is 0 Å². The molecule has 0 saturated heterocycles. The number of nitro groups is 1. The van der Waals surface area contributed by atoms with Gasteiger partial charge in [0.2, 0.25) is 5.75 Å². The molecule has 2 rings (SSSR count). The van der Waals surface area contributed by atoms with Gasteiger partial charge in [0.1, 0.15) is 11.6 Å². The minimum atomic E-state index is -0.670. The topological polar surface area (TPSA) is 72.6 Å². The zero-order valence-corrected chi connectivity index (χ0v) is 12.5. The van der Waals surface area contributed by atoms with E-state index in [4.69, 9.17) is 4.74 Å². The second kappa shape index (κ2) is 6.19. The summed E-state index contributed by atoms with van der Waals surface area (Å²) in [5.41, 5.74) is 0.322. The number of hydrogen-bond donors (Lipinski definition) is 1. The monoisotopic (exact) mass is 355 g/mol. The molecule has 1 atom stereocenters. The molecule has 7 heteroatoms. The van der Waals surface area contributed by atoms with Crippen molar-refractivity contribution in [2.24, 2.45) is 0 Å². The van der Waals surface area contributed by atoms with Crippen molar-refractivity contribution >= 4 is 21.6 Å². The van der Waals surface area contributed by atoms with Gasteiger partial charge >= 0.3 is 5.69 Å². The minimum Gasteiger partial charge on any atom is -0.450 e. The van der Waals surface area contributed by atoms with Crippen molar-refractivity contribution in [3.05, 3.63) is 62.4 Å². The van der Waals surface area contributed by atoms with E-state index in [9.17, 15) is 19.6 Å². The molecule has 0 saturated carbocycles. The average molecular weight is 356 g/mol. The molecule has 1 unspecified atom stereocenters. The van der Waals surface area contributed by atoms with Gasteiger partial charge in [-0.1, -0.05) is 22.0 Å². The second-order valence-electron chi connectivity index (χ2n) is 4.33. The van der Waals surface area contributed by atoms with Gasteiger partial charge in [-0.3, -0.25) is 10.1 Å². The van der Waals surface area contributed by atoms with E-state index in [0.717, 1.165) is 18.2 Å². The third-order valence-corrected chi connectivity index (χ3v) is 3.46. The molecule has 2 aromatic carbocycles. The first-order chi connectivity index (χ1) is 9.88. The van der Waals surface area contributed by atoms with Crippen LogP contribution in [-0.2, 0) is 0 Å². The maximum Gasteiger partial charge on any atom is 0.311 e. The van der Waals surface area contributed by atoms with Crippen molar-refractivity contribution in [3.8, 4) is 11.5 Å². The van der Waals surface area contributed by atoms with E-state index in [1.807, 2.05) is 0 Å². The average Bonchev–Trinajstić information content (AvgIpc) is 2.37. The molecule has 1 N–H and O–H groups in total. The van der Waals surface area contributed by atoms with Crippen molar-refractivity contribution < 1.29 is 19.2 Å². The second-order valence-corrected chi connectivity index (χ2v) is 5.18. The van der Waals surface area contributed by atoms with Gasteiger partial charge in [-0.2, -0.15) is 0 Å². The van der Waals surface area contributed by atoms with Gasteiger partial charge in [0, 0.05) is 16.6 Å². The van der Waals surface area contributed by atoms with Crippen molar-refractivity contribution in [1.82, 2.24) is 0 Å². The summed E-state index contributed by atoms with van der Waals surface area (Å²) in [5, 5.41) is 20.4. The van der Waals surface area contributed by atoms with Crippen molar-refractivity contribution in [1.29, 1.82) is 0 Å². The Morgan fingerprint density at radius 3 is 2.62 bits per heavy atom. The van der Waals surface area contributed by atoms with Crippen molar-refractivity contribution in [2.75, 3.05) is 0 Å². The molecule has 0 fully saturated rings. The van der Waals surface area contributed by atoms with Gasteiger partial charge in [0.05, 0.1) is 11.0 Å². The third kappa shape index (κ3) is 3.56. The Bertz CT molecular complexity index is 691. The number of hydrogen-bond acceptors (Lipinski definition) is 4. The first kappa shape index (κ1) is 15.4. The highest BCUT2D eigenvalue weighted by molar-refractivity contribution is 9.10. The van der Waals surface area contributed by atoms with Crippen LogP contribution in [0.5, 0.6) is 11.5 Å². The van der Waals surface area contributed by atoms with Gasteiger partial charge in [-0.05, 0) is 30.7 Å². The number of nitrogens with zero attached hydrogens (tertiary/aromatic N) is 1. The summed E-state index contributed by atoms with van der Waals surface area (Å²) in [4.78, 5) is 10.2. The van der Waals surface area contributed by atoms with Crippen molar-refractivity contribution in [2.45, 2.75) is 13.0 Å². The highest BCUT2D eigenvalue weighted by Crippen LogP contribution is 2.34. The fraction of sp³-hybridized carbons (Fsp3) is 0.143. The number of rotatable bonds is 4. The summed E-state index contributed by atoms with van der Waals surface area (Å²) < 4.78 is 19.2. The van der Waals surface area contributed by atoms with E-state index >= 15 is 0 Å². The van der Waals surface area contributed by atoms with Crippen LogP contribution in [0.3, 0.4) is 0 Å². The zero-order chi connectivity index (χ0) is 15.6. The van der Waals surface area contributed by atoms with Gasteiger partial charge in [-0.15, -0.1) is 0 Å². The molecule has 0 aliphatic heterocycles. The van der Waals surface area contributed by atoms with Crippen molar-refractivity contribution in [3.63, 3.8) is 0 Å². The maximum atomic E-state index is 13.2. The van der Waals surface area contributed by atoms with Crippen LogP contribution in [0.25, 0.3) is 0 Å². The molecular weight excluding hydrogens is 345 g/mol. The lowest BCUT2D eigenvalue weighted by Gasteiger charge is -2.11. The molecule has 0 radical (unpaired) electrons. The lowest BCUT2D eigenvalue weighted by Crippen LogP contribution is -1.96. The molecule has 5 nitrogen and oxygen atoms in total. The van der Waals surface area contributed by atoms with Crippen LogP contribution >= 0.6 is 15.9 Å². The quantitative estimate of drug-likeness (QED) is 0.653. The van der Waals surface area contributed by atoms with Crippen LogP contribution in [0.1, 0.15) is 18.6 Å². The summed E-state index contributed by atoms with van der Waals surface area (Å²) in [5.74, 6) is -0.521. The number of halogens is 2. The SMILES string of the molecule is CC(O)c1ccc(Oc2cc(F)ccc2[N+](=O)[O-])cc1Br. The molecule has 0 heterocycles. The molecule has 0 spiro atoms. The van der Waals surface area contributed by atoms with E-state index in [1.54, 1.807) is 25.1 Å². The van der Waals surface area contributed by atoms with Crippen LogP contribution in [-0.4, -0.2) is 10.0 Å². The Morgan fingerprint density at radius 2 is 2.05 bits per heavy atom. The highest BCUT2D eigenvalue weighted by Gasteiger charge is 2.17. The Hall–Kier alpha value is -1.99. The molecule has 110 valence electrons. The van der Waals surface area contributed by atoms with E-state index in [2.05, 4.69) is 15.9 Å². The number of aliphatic hydroxyl groups is 1. The fourth-order valence-electron chi connectivity index (χ4n) is 1.76. The predicted octanol–water partition coefficient (Wildman–Crippen LogP) is 4.34. The zero-order valence-electron chi connectivity index (χ0n) is 10.9. The van der Waals surface area contributed by atoms with Crippen LogP contribution in [0.2, 0.25) is 0 Å². The molecule has 0 bridgehead atoms. The third-order valence-electron chi connectivity index (χ3n) is 2.77. The van der Waals surface area contributed by atoms with Gasteiger partial charge < -0.3 is 9.84 Å². The molecule has 0 amide bonds. The summed E-state index contributed by atoms with van der Waals surface area (Å²) in [7, 11) is 0. The summed E-state index contributed by atoms with van der Waals surface area (Å²) in [6, 6.07) is 7.71. The predicted molar refractivity (Wildman–Crippen MR) is 77.9 cm³/mol. The van der Waals surface area contributed by atoms with Crippen LogP contribution in [0, 0.1) is 15.9 Å². The van der Waals surface area contributed by atoms with E-state index < -0.39 is 16.8 Å². The summed E-state index contributed by atoms with van der Waals surface area (Å²) in [6.45, 7) is 1.61.